The molecule has 172 valence electrons. The molecular weight excluding hydrogens is 438 g/mol. The van der Waals surface area contributed by atoms with Gasteiger partial charge in [0.1, 0.15) is 5.75 Å². The minimum Gasteiger partial charge on any atom is -0.482 e. The third kappa shape index (κ3) is 5.10. The van der Waals surface area contributed by atoms with Gasteiger partial charge >= 0.3 is 5.97 Å². The van der Waals surface area contributed by atoms with E-state index in [0.29, 0.717) is 18.6 Å². The molecular formula is C26H27NO5S. The molecule has 0 amide bonds. The van der Waals surface area contributed by atoms with Crippen LogP contribution in [0.25, 0.3) is 11.1 Å². The summed E-state index contributed by atoms with van der Waals surface area (Å²) in [4.78, 5) is 11.1. The van der Waals surface area contributed by atoms with Gasteiger partial charge in [-0.15, -0.1) is 0 Å². The quantitative estimate of drug-likeness (QED) is 0.523. The first-order valence-electron chi connectivity index (χ1n) is 10.9. The predicted octanol–water partition coefficient (Wildman–Crippen LogP) is 4.79. The van der Waals surface area contributed by atoms with Crippen LogP contribution in [0.2, 0.25) is 0 Å². The summed E-state index contributed by atoms with van der Waals surface area (Å²) in [6.45, 7) is 3.51. The maximum absolute atomic E-state index is 13.2. The Hall–Kier alpha value is -3.16. The second kappa shape index (κ2) is 9.37. The van der Waals surface area contributed by atoms with Crippen molar-refractivity contribution >= 4 is 16.0 Å². The minimum atomic E-state index is -3.75. The Morgan fingerprint density at radius 1 is 1.09 bits per heavy atom. The molecule has 2 N–H and O–H groups in total. The first-order valence-corrected chi connectivity index (χ1v) is 12.4. The van der Waals surface area contributed by atoms with E-state index in [1.54, 1.807) is 24.3 Å². The number of aryl methyl sites for hydroxylation is 2. The molecule has 7 heteroatoms. The van der Waals surface area contributed by atoms with E-state index in [0.717, 1.165) is 34.2 Å². The van der Waals surface area contributed by atoms with Crippen LogP contribution >= 0.6 is 0 Å². The van der Waals surface area contributed by atoms with Crippen LogP contribution in [0.3, 0.4) is 0 Å². The molecule has 3 aromatic carbocycles. The van der Waals surface area contributed by atoms with Gasteiger partial charge in [0.2, 0.25) is 10.0 Å². The van der Waals surface area contributed by atoms with Crippen molar-refractivity contribution in [2.75, 3.05) is 6.61 Å². The maximum Gasteiger partial charge on any atom is 0.341 e. The lowest BCUT2D eigenvalue weighted by atomic mass is 9.87. The van der Waals surface area contributed by atoms with Gasteiger partial charge in [-0.2, -0.15) is 0 Å². The zero-order chi connectivity index (χ0) is 23.6. The van der Waals surface area contributed by atoms with Gasteiger partial charge in [-0.05, 0) is 79.1 Å². The summed E-state index contributed by atoms with van der Waals surface area (Å²) in [6, 6.07) is 18.3. The number of ether oxygens (including phenoxy) is 1. The molecule has 6 nitrogen and oxygen atoms in total. The van der Waals surface area contributed by atoms with E-state index < -0.39 is 28.6 Å². The third-order valence-corrected chi connectivity index (χ3v) is 7.45. The lowest BCUT2D eigenvalue weighted by Crippen LogP contribution is -2.31. The molecule has 0 aliphatic heterocycles. The van der Waals surface area contributed by atoms with Crippen molar-refractivity contribution in [1.29, 1.82) is 0 Å². The molecule has 0 fully saturated rings. The Morgan fingerprint density at radius 3 is 2.55 bits per heavy atom. The van der Waals surface area contributed by atoms with Crippen molar-refractivity contribution in [3.05, 3.63) is 82.9 Å². The summed E-state index contributed by atoms with van der Waals surface area (Å²) >= 11 is 0. The monoisotopic (exact) mass is 465 g/mol. The van der Waals surface area contributed by atoms with Gasteiger partial charge in [0.15, 0.2) is 6.61 Å². The lowest BCUT2D eigenvalue weighted by Gasteiger charge is -2.27. The molecule has 33 heavy (non-hydrogen) atoms. The average Bonchev–Trinajstić information content (AvgIpc) is 2.78. The highest BCUT2D eigenvalue weighted by Crippen LogP contribution is 2.36. The first kappa shape index (κ1) is 23.0. The van der Waals surface area contributed by atoms with Gasteiger partial charge in [-0.1, -0.05) is 48.0 Å². The molecule has 0 bridgehead atoms. The largest absolute Gasteiger partial charge is 0.482 e. The van der Waals surface area contributed by atoms with Crippen LogP contribution in [-0.2, 0) is 21.2 Å². The van der Waals surface area contributed by atoms with Crippen LogP contribution in [0, 0.1) is 13.8 Å². The fourth-order valence-corrected chi connectivity index (χ4v) is 5.66. The number of carboxylic acid groups (broad SMARTS) is 1. The molecule has 0 saturated heterocycles. The number of hydrogen-bond donors (Lipinski definition) is 2. The highest BCUT2D eigenvalue weighted by molar-refractivity contribution is 7.89. The normalized spacial score (nSPS) is 15.6. The number of sulfonamides is 1. The molecule has 0 heterocycles. The second-order valence-electron chi connectivity index (χ2n) is 8.42. The SMILES string of the molecule is Cc1ccc(-c2ccc(S(=O)(=O)NC3CCCc4c(OCC(=O)O)cccc43)cc2C)cc1. The zero-order valence-electron chi connectivity index (χ0n) is 18.7. The lowest BCUT2D eigenvalue weighted by molar-refractivity contribution is -0.139. The van der Waals surface area contributed by atoms with E-state index in [1.807, 2.05) is 50.2 Å². The Morgan fingerprint density at radius 2 is 1.85 bits per heavy atom. The van der Waals surface area contributed by atoms with Gasteiger partial charge in [0.25, 0.3) is 0 Å². The van der Waals surface area contributed by atoms with Gasteiger partial charge in [-0.25, -0.2) is 17.9 Å². The van der Waals surface area contributed by atoms with E-state index in [1.165, 1.54) is 5.56 Å². The second-order valence-corrected chi connectivity index (χ2v) is 10.1. The number of nitrogens with one attached hydrogen (secondary N) is 1. The van der Waals surface area contributed by atoms with Gasteiger partial charge in [0, 0.05) is 6.04 Å². The van der Waals surface area contributed by atoms with Crippen molar-refractivity contribution < 1.29 is 23.1 Å². The molecule has 0 radical (unpaired) electrons. The smallest absolute Gasteiger partial charge is 0.341 e. The van der Waals surface area contributed by atoms with Crippen LogP contribution in [0.4, 0.5) is 0 Å². The van der Waals surface area contributed by atoms with E-state index >= 15 is 0 Å². The summed E-state index contributed by atoms with van der Waals surface area (Å²) < 4.78 is 34.8. The van der Waals surface area contributed by atoms with Crippen molar-refractivity contribution in [1.82, 2.24) is 4.72 Å². The van der Waals surface area contributed by atoms with Crippen LogP contribution in [0.1, 0.15) is 41.1 Å². The van der Waals surface area contributed by atoms with Crippen LogP contribution in [-0.4, -0.2) is 26.1 Å². The average molecular weight is 466 g/mol. The molecule has 1 aliphatic rings. The summed E-state index contributed by atoms with van der Waals surface area (Å²) in [7, 11) is -3.75. The fourth-order valence-electron chi connectivity index (χ4n) is 4.33. The molecule has 0 saturated carbocycles. The number of aliphatic carboxylic acids is 1. The molecule has 3 aromatic rings. The van der Waals surface area contributed by atoms with E-state index in [4.69, 9.17) is 9.84 Å². The number of rotatable bonds is 7. The molecule has 0 spiro atoms. The molecule has 1 unspecified atom stereocenters. The van der Waals surface area contributed by atoms with E-state index in [9.17, 15) is 13.2 Å². The van der Waals surface area contributed by atoms with Crippen molar-refractivity contribution in [3.8, 4) is 16.9 Å². The number of carboxylic acids is 1. The number of carbonyl (C=O) groups is 1. The Labute approximate surface area is 194 Å². The van der Waals surface area contributed by atoms with Gasteiger partial charge in [0.05, 0.1) is 4.90 Å². The number of benzene rings is 3. The van der Waals surface area contributed by atoms with E-state index in [2.05, 4.69) is 4.72 Å². The highest BCUT2D eigenvalue weighted by Gasteiger charge is 2.28. The van der Waals surface area contributed by atoms with Crippen molar-refractivity contribution in [2.24, 2.45) is 0 Å². The standard InChI is InChI=1S/C26H27NO5S/c1-17-9-11-19(12-10-17)21-14-13-20(15-18(21)2)33(30,31)27-24-7-3-6-23-22(24)5-4-8-25(23)32-16-26(28)29/h4-5,8-15,24,27H,3,6-7,16H2,1-2H3,(H,28,29). The highest BCUT2D eigenvalue weighted by atomic mass is 32.2. The molecule has 4 rings (SSSR count). The maximum atomic E-state index is 13.2. The zero-order valence-corrected chi connectivity index (χ0v) is 19.5. The van der Waals surface area contributed by atoms with Crippen LogP contribution in [0.15, 0.2) is 65.6 Å². The predicted molar refractivity (Wildman–Crippen MR) is 127 cm³/mol. The molecule has 1 atom stereocenters. The number of fused-ring (bicyclic) bond motifs is 1. The Balaban J connectivity index is 1.59. The summed E-state index contributed by atoms with van der Waals surface area (Å²) in [5.74, 6) is -0.554. The number of hydrogen-bond acceptors (Lipinski definition) is 4. The van der Waals surface area contributed by atoms with Crippen LogP contribution in [0.5, 0.6) is 5.75 Å². The van der Waals surface area contributed by atoms with Crippen LogP contribution < -0.4 is 9.46 Å². The van der Waals surface area contributed by atoms with Gasteiger partial charge in [-0.3, -0.25) is 0 Å². The summed E-state index contributed by atoms with van der Waals surface area (Å²) in [5.41, 5.74) is 5.80. The minimum absolute atomic E-state index is 0.223. The summed E-state index contributed by atoms with van der Waals surface area (Å²) in [5, 5.41) is 8.92. The first-order chi connectivity index (χ1) is 15.7. The Kier molecular flexibility index (Phi) is 6.54. The topological polar surface area (TPSA) is 92.7 Å². The van der Waals surface area contributed by atoms with Gasteiger partial charge < -0.3 is 9.84 Å². The van der Waals surface area contributed by atoms with Crippen molar-refractivity contribution in [2.45, 2.75) is 44.0 Å². The molecule has 0 aromatic heterocycles. The van der Waals surface area contributed by atoms with Crippen molar-refractivity contribution in [3.63, 3.8) is 0 Å². The Bertz CT molecular complexity index is 1280. The van der Waals surface area contributed by atoms with E-state index in [-0.39, 0.29) is 4.90 Å². The fraction of sp³-hybridized carbons (Fsp3) is 0.269. The molecule has 1 aliphatic carbocycles. The third-order valence-electron chi connectivity index (χ3n) is 5.98. The summed E-state index contributed by atoms with van der Waals surface area (Å²) in [6.07, 6.45) is 2.15.